The van der Waals surface area contributed by atoms with Crippen LogP contribution in [0.4, 0.5) is 18.9 Å². The van der Waals surface area contributed by atoms with Crippen molar-refractivity contribution in [1.29, 1.82) is 0 Å². The Balaban J connectivity index is 0.000000227. The number of anilines is 1. The lowest BCUT2D eigenvalue weighted by Gasteiger charge is -2.38. The molecule has 4 N–H and O–H groups in total. The second-order valence-corrected chi connectivity index (χ2v) is 12.1. The first-order chi connectivity index (χ1) is 20.3. The maximum absolute atomic E-state index is 12.6. The number of nitrogens with one attached hydrogen (secondary N) is 2. The van der Waals surface area contributed by atoms with E-state index in [1.807, 2.05) is 18.2 Å². The van der Waals surface area contributed by atoms with Gasteiger partial charge in [-0.15, -0.1) is 0 Å². The molecule has 230 valence electrons. The number of nitrogens with two attached hydrogens (primary N) is 1. The van der Waals surface area contributed by atoms with Gasteiger partial charge in [-0.3, -0.25) is 19.6 Å². The smallest absolute Gasteiger partial charge is 0.353 e. The number of amides is 2. The molecule has 0 bridgehead atoms. The molecule has 0 saturated heterocycles. The lowest BCUT2D eigenvalue weighted by molar-refractivity contribution is -0.211. The molecule has 2 heterocycles. The molecule has 1 aromatic carbocycles. The van der Waals surface area contributed by atoms with Gasteiger partial charge >= 0.3 is 6.18 Å². The Kier molecular flexibility index (Phi) is 9.89. The summed E-state index contributed by atoms with van der Waals surface area (Å²) < 4.78 is 37.7. The Bertz CT molecular complexity index is 1400. The van der Waals surface area contributed by atoms with Gasteiger partial charge in [-0.25, -0.2) is 0 Å². The van der Waals surface area contributed by atoms with Crippen LogP contribution < -0.4 is 16.4 Å². The summed E-state index contributed by atoms with van der Waals surface area (Å²) in [5.74, 6) is -1.04. The van der Waals surface area contributed by atoms with Gasteiger partial charge in [0.15, 0.2) is 0 Å². The number of carbonyl (C=O) groups is 2. The van der Waals surface area contributed by atoms with Crippen LogP contribution in [0.1, 0.15) is 77.7 Å². The summed E-state index contributed by atoms with van der Waals surface area (Å²) in [5, 5.41) is 5.31. The zero-order chi connectivity index (χ0) is 31.3. The summed E-state index contributed by atoms with van der Waals surface area (Å²) >= 11 is 0. The average molecular weight is 596 g/mol. The van der Waals surface area contributed by atoms with Crippen molar-refractivity contribution >= 4 is 17.5 Å². The Labute approximate surface area is 250 Å². The van der Waals surface area contributed by atoms with Gasteiger partial charge in [-0.05, 0) is 63.6 Å². The van der Waals surface area contributed by atoms with Crippen LogP contribution in [0.15, 0.2) is 61.1 Å². The van der Waals surface area contributed by atoms with E-state index in [4.69, 9.17) is 5.73 Å². The molecule has 2 amide bonds. The number of rotatable bonds is 6. The van der Waals surface area contributed by atoms with Crippen molar-refractivity contribution in [3.05, 3.63) is 66.6 Å². The van der Waals surface area contributed by atoms with E-state index < -0.39 is 17.5 Å². The van der Waals surface area contributed by atoms with Gasteiger partial charge in [0.25, 0.3) is 0 Å². The Morgan fingerprint density at radius 1 is 0.953 bits per heavy atom. The van der Waals surface area contributed by atoms with E-state index in [2.05, 4.69) is 44.9 Å². The van der Waals surface area contributed by atoms with Crippen molar-refractivity contribution in [2.45, 2.75) is 89.9 Å². The largest absolute Gasteiger partial charge is 0.402 e. The highest BCUT2D eigenvalue weighted by atomic mass is 19.4. The van der Waals surface area contributed by atoms with Gasteiger partial charge in [0.05, 0.1) is 17.6 Å². The summed E-state index contributed by atoms with van der Waals surface area (Å²) in [6.45, 7) is 3.33. The molecule has 2 fully saturated rings. The Hall–Kier alpha value is -3.79. The fourth-order valence-corrected chi connectivity index (χ4v) is 5.26. The minimum Gasteiger partial charge on any atom is -0.353 e. The number of aromatic nitrogens is 2. The van der Waals surface area contributed by atoms with Gasteiger partial charge in [0.1, 0.15) is 5.41 Å². The quantitative estimate of drug-likeness (QED) is 0.281. The predicted octanol–water partition coefficient (Wildman–Crippen LogP) is 7.13. The molecule has 2 aliphatic carbocycles. The van der Waals surface area contributed by atoms with E-state index in [9.17, 15) is 22.8 Å². The van der Waals surface area contributed by atoms with E-state index in [0.29, 0.717) is 5.69 Å². The maximum Gasteiger partial charge on any atom is 0.402 e. The first kappa shape index (κ1) is 32.1. The molecule has 0 atom stereocenters. The predicted molar refractivity (Wildman–Crippen MR) is 162 cm³/mol. The number of hydrogen-bond donors (Lipinski definition) is 3. The second kappa shape index (κ2) is 13.2. The van der Waals surface area contributed by atoms with Crippen LogP contribution in [-0.2, 0) is 15.1 Å². The molecule has 43 heavy (non-hydrogen) atoms. The van der Waals surface area contributed by atoms with Crippen molar-refractivity contribution in [2.24, 2.45) is 11.1 Å². The van der Waals surface area contributed by atoms with Gasteiger partial charge in [-0.1, -0.05) is 49.6 Å². The summed E-state index contributed by atoms with van der Waals surface area (Å²) in [4.78, 5) is 31.8. The lowest BCUT2D eigenvalue weighted by atomic mass is 9.72. The highest BCUT2D eigenvalue weighted by molar-refractivity contribution is 5.91. The van der Waals surface area contributed by atoms with E-state index in [1.54, 1.807) is 18.6 Å². The zero-order valence-corrected chi connectivity index (χ0v) is 24.9. The Morgan fingerprint density at radius 2 is 1.63 bits per heavy atom. The van der Waals surface area contributed by atoms with Crippen LogP contribution in [0.3, 0.4) is 0 Å². The lowest BCUT2D eigenvalue weighted by Crippen LogP contribution is -2.50. The summed E-state index contributed by atoms with van der Waals surface area (Å²) in [5.41, 5.74) is 9.54. The van der Waals surface area contributed by atoms with E-state index in [-0.39, 0.29) is 17.5 Å². The van der Waals surface area contributed by atoms with Crippen molar-refractivity contribution in [3.8, 4) is 22.4 Å². The topological polar surface area (TPSA) is 110 Å². The number of nitrogens with zero attached hydrogens (tertiary/aromatic N) is 2. The molecule has 0 aliphatic heterocycles. The first-order valence-electron chi connectivity index (χ1n) is 14.8. The van der Waals surface area contributed by atoms with Crippen LogP contribution in [0, 0.1) is 5.41 Å². The molecule has 2 saturated carbocycles. The fraction of sp³-hybridized carbons (Fsp3) is 0.455. The third-order valence-corrected chi connectivity index (χ3v) is 8.38. The molecular formula is C33H40F3N5O2. The maximum atomic E-state index is 12.6. The van der Waals surface area contributed by atoms with Gasteiger partial charge in [-0.2, -0.15) is 13.2 Å². The molecular weight excluding hydrogens is 555 g/mol. The number of hydrogen-bond acceptors (Lipinski definition) is 5. The monoisotopic (exact) mass is 595 g/mol. The van der Waals surface area contributed by atoms with Crippen molar-refractivity contribution in [3.63, 3.8) is 0 Å². The number of benzene rings is 1. The molecule has 3 aromatic rings. The van der Waals surface area contributed by atoms with Gasteiger partial charge < -0.3 is 16.4 Å². The highest BCUT2D eigenvalue weighted by Crippen LogP contribution is 2.40. The van der Waals surface area contributed by atoms with Gasteiger partial charge in [0, 0.05) is 47.6 Å². The molecule has 0 unspecified atom stereocenters. The van der Waals surface area contributed by atoms with Gasteiger partial charge in [0.2, 0.25) is 11.8 Å². The first-order valence-corrected chi connectivity index (χ1v) is 14.8. The summed E-state index contributed by atoms with van der Waals surface area (Å²) in [6, 6.07) is 14.1. The van der Waals surface area contributed by atoms with E-state index >= 15 is 0 Å². The van der Waals surface area contributed by atoms with E-state index in [1.165, 1.54) is 18.9 Å². The van der Waals surface area contributed by atoms with E-state index in [0.717, 1.165) is 81.2 Å². The zero-order valence-electron chi connectivity index (χ0n) is 24.9. The number of pyridine rings is 2. The summed E-state index contributed by atoms with van der Waals surface area (Å²) in [7, 11) is 0. The number of halogens is 3. The summed E-state index contributed by atoms with van der Waals surface area (Å²) in [6.07, 6.45) is 8.65. The van der Waals surface area contributed by atoms with Crippen LogP contribution in [0.2, 0.25) is 0 Å². The molecule has 0 spiro atoms. The fourth-order valence-electron chi connectivity index (χ4n) is 5.26. The van der Waals surface area contributed by atoms with Crippen molar-refractivity contribution in [2.75, 3.05) is 5.32 Å². The van der Waals surface area contributed by atoms with Crippen molar-refractivity contribution in [1.82, 2.24) is 15.3 Å². The third kappa shape index (κ3) is 7.79. The number of carbonyl (C=O) groups excluding carboxylic acids is 2. The molecule has 2 aromatic heterocycles. The third-order valence-electron chi connectivity index (χ3n) is 8.38. The van der Waals surface area contributed by atoms with Crippen LogP contribution in [0.25, 0.3) is 22.4 Å². The molecule has 0 radical (unpaired) electrons. The second-order valence-electron chi connectivity index (χ2n) is 12.1. The van der Waals surface area contributed by atoms with Crippen LogP contribution >= 0.6 is 0 Å². The average Bonchev–Trinajstić information content (AvgIpc) is 2.96. The van der Waals surface area contributed by atoms with Crippen LogP contribution in [0.5, 0.6) is 0 Å². The van der Waals surface area contributed by atoms with Crippen molar-refractivity contribution < 1.29 is 22.8 Å². The normalized spacial score (nSPS) is 16.7. The van der Waals surface area contributed by atoms with Crippen LogP contribution in [-0.4, -0.2) is 34.0 Å². The molecule has 2 aliphatic rings. The minimum absolute atomic E-state index is 0.0807. The highest BCUT2D eigenvalue weighted by Gasteiger charge is 2.53. The number of alkyl halides is 3. The molecule has 10 heteroatoms. The molecule has 5 rings (SSSR count). The Morgan fingerprint density at radius 3 is 2.16 bits per heavy atom. The SMILES string of the molecule is CC(=O)Nc1cnc(-c2ccc(C3(N)CCC3)cc2)c(-c2cccnc2)c1.CC(C)(C(=O)NC1CCCCC1)C(F)(F)F. The standard InChI is InChI=1S/C22H22N4O.C11H18F3NO/c1-15(27)26-19-12-20(17-4-2-11-24-13-17)21(25-14-19)16-5-7-18(8-6-16)22(23)9-3-10-22;1-10(2,11(12,13)14)9(16)15-8-6-4-3-5-7-8/h2,4-8,11-14H,3,9-10,23H2,1H3,(H,26,27);8H,3-7H2,1-2H3,(H,15,16). The minimum atomic E-state index is -4.49. The molecule has 7 nitrogen and oxygen atoms in total.